The van der Waals surface area contributed by atoms with Crippen LogP contribution >= 0.6 is 0 Å². The second-order valence-corrected chi connectivity index (χ2v) is 3.18. The molecule has 1 aromatic heterocycles. The summed E-state index contributed by atoms with van der Waals surface area (Å²) in [5.41, 5.74) is 3.32. The van der Waals surface area contributed by atoms with E-state index in [0.29, 0.717) is 12.2 Å². The fourth-order valence-corrected chi connectivity index (χ4v) is 1.33. The number of nitrogens with zero attached hydrogens (tertiary/aromatic N) is 3. The Hall–Kier alpha value is -2.21. The van der Waals surface area contributed by atoms with Crippen molar-refractivity contribution >= 4 is 5.95 Å². The number of aromatic hydroxyl groups is 1. The van der Waals surface area contributed by atoms with Crippen molar-refractivity contribution < 1.29 is 5.11 Å². The number of nitrogens with one attached hydrogen (secondary N) is 1. The van der Waals surface area contributed by atoms with Crippen molar-refractivity contribution in [3.8, 4) is 6.01 Å². The van der Waals surface area contributed by atoms with Gasteiger partial charge in [0.1, 0.15) is 5.82 Å². The van der Waals surface area contributed by atoms with Crippen LogP contribution in [0.5, 0.6) is 6.01 Å². The standard InChI is InChI=1S/C10H11N5O/c11-15-9-12-8(13-10(16)14-9)6-7-4-2-1-3-5-7/h1-5H,6,11H2,(H2,12,13,14,15,16). The Morgan fingerprint density at radius 2 is 1.88 bits per heavy atom. The van der Waals surface area contributed by atoms with Crippen LogP contribution in [0.15, 0.2) is 30.3 Å². The van der Waals surface area contributed by atoms with Crippen LogP contribution in [0, 0.1) is 0 Å². The van der Waals surface area contributed by atoms with Crippen LogP contribution in [0.1, 0.15) is 11.4 Å². The lowest BCUT2D eigenvalue weighted by Gasteiger charge is -2.03. The first-order chi connectivity index (χ1) is 7.78. The van der Waals surface area contributed by atoms with Crippen molar-refractivity contribution in [2.45, 2.75) is 6.42 Å². The summed E-state index contributed by atoms with van der Waals surface area (Å²) in [4.78, 5) is 11.4. The highest BCUT2D eigenvalue weighted by Crippen LogP contribution is 2.09. The molecule has 0 radical (unpaired) electrons. The monoisotopic (exact) mass is 217 g/mol. The minimum absolute atomic E-state index is 0.151. The molecule has 0 aliphatic carbocycles. The van der Waals surface area contributed by atoms with E-state index in [4.69, 9.17) is 5.84 Å². The third-order valence-electron chi connectivity index (χ3n) is 2.00. The van der Waals surface area contributed by atoms with Gasteiger partial charge in [-0.25, -0.2) is 5.84 Å². The normalized spacial score (nSPS) is 10.1. The number of anilines is 1. The fourth-order valence-electron chi connectivity index (χ4n) is 1.33. The smallest absolute Gasteiger partial charge is 0.319 e. The largest absolute Gasteiger partial charge is 0.479 e. The molecule has 0 aliphatic rings. The van der Waals surface area contributed by atoms with Crippen LogP contribution in [-0.2, 0) is 6.42 Å². The summed E-state index contributed by atoms with van der Waals surface area (Å²) in [5.74, 6) is 5.78. The Morgan fingerprint density at radius 1 is 1.12 bits per heavy atom. The van der Waals surface area contributed by atoms with Crippen LogP contribution in [0.4, 0.5) is 5.95 Å². The van der Waals surface area contributed by atoms with Gasteiger partial charge in [-0.1, -0.05) is 30.3 Å². The van der Waals surface area contributed by atoms with Gasteiger partial charge in [0.15, 0.2) is 0 Å². The maximum absolute atomic E-state index is 9.25. The second-order valence-electron chi connectivity index (χ2n) is 3.18. The summed E-state index contributed by atoms with van der Waals surface area (Å²) in [6.45, 7) is 0. The number of hydrogen-bond donors (Lipinski definition) is 3. The molecule has 0 bridgehead atoms. The Balaban J connectivity index is 2.24. The van der Waals surface area contributed by atoms with E-state index in [2.05, 4.69) is 20.4 Å². The van der Waals surface area contributed by atoms with Gasteiger partial charge >= 0.3 is 6.01 Å². The number of rotatable bonds is 3. The zero-order valence-corrected chi connectivity index (χ0v) is 8.46. The zero-order valence-electron chi connectivity index (χ0n) is 8.46. The summed E-state index contributed by atoms with van der Waals surface area (Å²) >= 11 is 0. The Morgan fingerprint density at radius 3 is 2.56 bits per heavy atom. The lowest BCUT2D eigenvalue weighted by Crippen LogP contribution is -2.12. The summed E-state index contributed by atoms with van der Waals surface area (Å²) in [6, 6.07) is 9.36. The first kappa shape index (κ1) is 10.3. The Kier molecular flexibility index (Phi) is 2.93. The molecule has 0 amide bonds. The number of hydrogen-bond acceptors (Lipinski definition) is 6. The lowest BCUT2D eigenvalue weighted by atomic mass is 10.1. The summed E-state index contributed by atoms with van der Waals surface area (Å²) in [5, 5.41) is 9.25. The van der Waals surface area contributed by atoms with Crippen LogP contribution < -0.4 is 11.3 Å². The average molecular weight is 217 g/mol. The third-order valence-corrected chi connectivity index (χ3v) is 2.00. The van der Waals surface area contributed by atoms with Gasteiger partial charge in [0.05, 0.1) is 0 Å². The molecule has 1 aromatic carbocycles. The fraction of sp³-hybridized carbons (Fsp3) is 0.100. The van der Waals surface area contributed by atoms with E-state index in [1.165, 1.54) is 0 Å². The molecular formula is C10H11N5O. The molecule has 6 heteroatoms. The summed E-state index contributed by atoms with van der Waals surface area (Å²) in [6.07, 6.45) is 0.519. The SMILES string of the molecule is NNc1nc(O)nc(Cc2ccccc2)n1. The summed E-state index contributed by atoms with van der Waals surface area (Å²) < 4.78 is 0. The quantitative estimate of drug-likeness (QED) is 0.510. The van der Waals surface area contributed by atoms with Crippen molar-refractivity contribution in [1.82, 2.24) is 15.0 Å². The molecule has 16 heavy (non-hydrogen) atoms. The van der Waals surface area contributed by atoms with E-state index in [-0.39, 0.29) is 12.0 Å². The molecule has 0 fully saturated rings. The molecule has 0 saturated carbocycles. The van der Waals surface area contributed by atoms with Gasteiger partial charge in [0, 0.05) is 6.42 Å². The molecule has 2 rings (SSSR count). The van der Waals surface area contributed by atoms with E-state index >= 15 is 0 Å². The number of benzene rings is 1. The highest BCUT2D eigenvalue weighted by Gasteiger charge is 2.05. The molecule has 0 unspecified atom stereocenters. The van der Waals surface area contributed by atoms with Gasteiger partial charge in [-0.15, -0.1) is 0 Å². The third kappa shape index (κ3) is 2.43. The maximum Gasteiger partial charge on any atom is 0.319 e. The van der Waals surface area contributed by atoms with Crippen molar-refractivity contribution in [3.63, 3.8) is 0 Å². The first-order valence-corrected chi connectivity index (χ1v) is 4.72. The molecule has 0 saturated heterocycles. The molecule has 6 nitrogen and oxygen atoms in total. The van der Waals surface area contributed by atoms with Gasteiger partial charge in [-0.2, -0.15) is 15.0 Å². The van der Waals surface area contributed by atoms with E-state index in [9.17, 15) is 5.11 Å². The van der Waals surface area contributed by atoms with Gasteiger partial charge in [0.2, 0.25) is 5.95 Å². The lowest BCUT2D eigenvalue weighted by molar-refractivity contribution is 0.426. The molecule has 2 aromatic rings. The van der Waals surface area contributed by atoms with E-state index in [0.717, 1.165) is 5.56 Å². The highest BCUT2D eigenvalue weighted by atomic mass is 16.3. The molecule has 0 atom stereocenters. The number of nitrogens with two attached hydrogens (primary N) is 1. The van der Waals surface area contributed by atoms with E-state index < -0.39 is 0 Å². The molecule has 82 valence electrons. The summed E-state index contributed by atoms with van der Waals surface area (Å²) in [7, 11) is 0. The van der Waals surface area contributed by atoms with Gasteiger partial charge < -0.3 is 5.11 Å². The number of nitrogen functional groups attached to an aromatic ring is 1. The molecule has 0 spiro atoms. The van der Waals surface area contributed by atoms with Crippen molar-refractivity contribution in [2.24, 2.45) is 5.84 Å². The number of hydrazine groups is 1. The van der Waals surface area contributed by atoms with Crippen LogP contribution in [-0.4, -0.2) is 20.1 Å². The van der Waals surface area contributed by atoms with Crippen LogP contribution in [0.3, 0.4) is 0 Å². The minimum Gasteiger partial charge on any atom is -0.479 e. The molecule has 0 aliphatic heterocycles. The second kappa shape index (κ2) is 4.54. The first-order valence-electron chi connectivity index (χ1n) is 4.72. The zero-order chi connectivity index (χ0) is 11.4. The molecular weight excluding hydrogens is 206 g/mol. The topological polar surface area (TPSA) is 97.0 Å². The van der Waals surface area contributed by atoms with Crippen LogP contribution in [0.2, 0.25) is 0 Å². The Bertz CT molecular complexity index is 474. The van der Waals surface area contributed by atoms with E-state index in [1.807, 2.05) is 30.3 Å². The van der Waals surface area contributed by atoms with Crippen molar-refractivity contribution in [1.29, 1.82) is 0 Å². The molecule has 4 N–H and O–H groups in total. The van der Waals surface area contributed by atoms with Crippen molar-refractivity contribution in [2.75, 3.05) is 5.43 Å². The maximum atomic E-state index is 9.25. The number of aromatic nitrogens is 3. The van der Waals surface area contributed by atoms with Gasteiger partial charge in [0.25, 0.3) is 0 Å². The highest BCUT2D eigenvalue weighted by molar-refractivity contribution is 5.26. The van der Waals surface area contributed by atoms with E-state index in [1.54, 1.807) is 0 Å². The Labute approximate surface area is 92.2 Å². The van der Waals surface area contributed by atoms with Gasteiger partial charge in [-0.3, -0.25) is 5.43 Å². The minimum atomic E-state index is -0.339. The van der Waals surface area contributed by atoms with Crippen molar-refractivity contribution in [3.05, 3.63) is 41.7 Å². The van der Waals surface area contributed by atoms with Crippen LogP contribution in [0.25, 0.3) is 0 Å². The predicted molar refractivity (Wildman–Crippen MR) is 58.5 cm³/mol. The average Bonchev–Trinajstić information content (AvgIpc) is 2.29. The molecule has 1 heterocycles. The predicted octanol–water partition coefficient (Wildman–Crippen LogP) is 0.454. The van der Waals surface area contributed by atoms with Gasteiger partial charge in [-0.05, 0) is 5.56 Å².